The Balaban J connectivity index is 2.02. The molecule has 0 fully saturated rings. The Bertz CT molecular complexity index is 771. The van der Waals surface area contributed by atoms with E-state index < -0.39 is 5.60 Å². The molecule has 1 N–H and O–H groups in total. The summed E-state index contributed by atoms with van der Waals surface area (Å²) >= 11 is 1.55. The van der Waals surface area contributed by atoms with Crippen LogP contribution < -0.4 is 5.32 Å². The van der Waals surface area contributed by atoms with Crippen LogP contribution in [-0.4, -0.2) is 23.6 Å². The highest BCUT2D eigenvalue weighted by Gasteiger charge is 2.20. The average molecular weight is 357 g/mol. The molecule has 0 aliphatic heterocycles. The van der Waals surface area contributed by atoms with Gasteiger partial charge in [0.05, 0.1) is 12.1 Å². The molecule has 0 saturated heterocycles. The van der Waals surface area contributed by atoms with Crippen LogP contribution in [0.3, 0.4) is 0 Å². The smallest absolute Gasteiger partial charge is 0.410 e. The Hall–Kier alpha value is -2.52. The Morgan fingerprint density at radius 1 is 1.36 bits per heavy atom. The van der Waals surface area contributed by atoms with Gasteiger partial charge in [-0.2, -0.15) is 5.26 Å². The number of thiophene rings is 1. The van der Waals surface area contributed by atoms with Crippen molar-refractivity contribution < 1.29 is 9.53 Å². The maximum atomic E-state index is 12.1. The van der Waals surface area contributed by atoms with Gasteiger partial charge < -0.3 is 15.0 Å². The van der Waals surface area contributed by atoms with Crippen molar-refractivity contribution in [2.75, 3.05) is 12.4 Å². The second kappa shape index (κ2) is 8.04. The summed E-state index contributed by atoms with van der Waals surface area (Å²) in [5.41, 5.74) is 2.14. The molecule has 2 rings (SSSR count). The van der Waals surface area contributed by atoms with Gasteiger partial charge in [-0.15, -0.1) is 11.3 Å². The highest BCUT2D eigenvalue weighted by atomic mass is 32.1. The number of rotatable bonds is 5. The molecule has 0 atom stereocenters. The minimum atomic E-state index is -0.513. The molecule has 5 nitrogen and oxygen atoms in total. The zero-order chi connectivity index (χ0) is 18.4. The molecule has 132 valence electrons. The summed E-state index contributed by atoms with van der Waals surface area (Å²) in [5.74, 6) is 0. The zero-order valence-corrected chi connectivity index (χ0v) is 15.8. The molecule has 1 heterocycles. The van der Waals surface area contributed by atoms with Crippen LogP contribution in [0.1, 0.15) is 36.8 Å². The van der Waals surface area contributed by atoms with E-state index >= 15 is 0 Å². The summed E-state index contributed by atoms with van der Waals surface area (Å²) in [7, 11) is 1.73. The Labute approximate surface area is 152 Å². The molecule has 0 radical (unpaired) electrons. The molecule has 2 aromatic rings. The molecule has 1 amide bonds. The van der Waals surface area contributed by atoms with Crippen LogP contribution in [0.25, 0.3) is 0 Å². The van der Waals surface area contributed by atoms with E-state index in [1.807, 2.05) is 56.5 Å². The van der Waals surface area contributed by atoms with Crippen molar-refractivity contribution in [3.63, 3.8) is 0 Å². The minimum absolute atomic E-state index is 0.348. The van der Waals surface area contributed by atoms with Crippen LogP contribution in [0.5, 0.6) is 0 Å². The largest absolute Gasteiger partial charge is 0.444 e. The number of nitrogens with zero attached hydrogens (tertiary/aromatic N) is 2. The topological polar surface area (TPSA) is 65.4 Å². The van der Waals surface area contributed by atoms with Gasteiger partial charge in [-0.1, -0.05) is 18.2 Å². The van der Waals surface area contributed by atoms with Crippen LogP contribution in [0.4, 0.5) is 10.5 Å². The zero-order valence-electron chi connectivity index (χ0n) is 15.0. The second-order valence-corrected chi connectivity index (χ2v) is 7.76. The summed E-state index contributed by atoms with van der Waals surface area (Å²) in [5, 5.41) is 14.1. The molecule has 1 aromatic carbocycles. The van der Waals surface area contributed by atoms with Crippen molar-refractivity contribution in [3.8, 4) is 6.07 Å². The first-order valence-corrected chi connectivity index (χ1v) is 8.90. The molecule has 25 heavy (non-hydrogen) atoms. The number of carbonyl (C=O) groups is 1. The Kier molecular flexibility index (Phi) is 6.05. The minimum Gasteiger partial charge on any atom is -0.444 e. The molecule has 0 spiro atoms. The number of amides is 1. The van der Waals surface area contributed by atoms with Gasteiger partial charge in [0.15, 0.2) is 0 Å². The maximum absolute atomic E-state index is 12.1. The predicted molar refractivity (Wildman–Crippen MR) is 101 cm³/mol. The second-order valence-electron chi connectivity index (χ2n) is 6.76. The lowest BCUT2D eigenvalue weighted by molar-refractivity contribution is 0.0285. The summed E-state index contributed by atoms with van der Waals surface area (Å²) in [4.78, 5) is 14.8. The van der Waals surface area contributed by atoms with E-state index in [1.165, 1.54) is 0 Å². The van der Waals surface area contributed by atoms with Crippen molar-refractivity contribution >= 4 is 23.1 Å². The number of carbonyl (C=O) groups excluding carboxylic acids is 1. The van der Waals surface area contributed by atoms with E-state index in [0.29, 0.717) is 18.7 Å². The van der Waals surface area contributed by atoms with E-state index in [-0.39, 0.29) is 6.09 Å². The van der Waals surface area contributed by atoms with E-state index in [4.69, 9.17) is 10.00 Å². The predicted octanol–water partition coefficient (Wildman–Crippen LogP) is 4.60. The third-order valence-electron chi connectivity index (χ3n) is 3.37. The highest BCUT2D eigenvalue weighted by molar-refractivity contribution is 7.10. The number of ether oxygens (including phenoxy) is 1. The van der Waals surface area contributed by atoms with Crippen molar-refractivity contribution in [3.05, 3.63) is 51.7 Å². The Morgan fingerprint density at radius 3 is 2.72 bits per heavy atom. The van der Waals surface area contributed by atoms with Crippen LogP contribution in [-0.2, 0) is 17.8 Å². The standard InChI is InChI=1S/C19H23N3O2S/c1-19(2,3)24-18(23)22(4)12-15-7-5-6-8-17(15)21-11-16-9-14(10-20)13-25-16/h5-9,13,21H,11-12H2,1-4H3. The lowest BCUT2D eigenvalue weighted by Crippen LogP contribution is -2.33. The quantitative estimate of drug-likeness (QED) is 0.849. The maximum Gasteiger partial charge on any atom is 0.410 e. The molecule has 1 aromatic heterocycles. The SMILES string of the molecule is CN(Cc1ccccc1NCc1cc(C#N)cs1)C(=O)OC(C)(C)C. The number of anilines is 1. The summed E-state index contributed by atoms with van der Waals surface area (Å²) in [6.07, 6.45) is -0.348. The highest BCUT2D eigenvalue weighted by Crippen LogP contribution is 2.21. The fourth-order valence-electron chi connectivity index (χ4n) is 2.20. The molecule has 0 saturated carbocycles. The molecule has 6 heteroatoms. The van der Waals surface area contributed by atoms with Gasteiger partial charge in [0.2, 0.25) is 0 Å². The molecule has 0 bridgehead atoms. The molecule has 0 unspecified atom stereocenters. The number of hydrogen-bond donors (Lipinski definition) is 1. The molecule has 0 aliphatic carbocycles. The Morgan fingerprint density at radius 2 is 2.08 bits per heavy atom. The summed E-state index contributed by atoms with van der Waals surface area (Å²) < 4.78 is 5.39. The summed E-state index contributed by atoms with van der Waals surface area (Å²) in [6.45, 7) is 6.64. The van der Waals surface area contributed by atoms with Crippen LogP contribution in [0.2, 0.25) is 0 Å². The van der Waals surface area contributed by atoms with Gasteiger partial charge in [0.25, 0.3) is 0 Å². The third-order valence-corrected chi connectivity index (χ3v) is 4.30. The first-order valence-electron chi connectivity index (χ1n) is 8.02. The van der Waals surface area contributed by atoms with E-state index in [0.717, 1.165) is 16.1 Å². The van der Waals surface area contributed by atoms with Crippen molar-refractivity contribution in [2.45, 2.75) is 39.5 Å². The third kappa shape index (κ3) is 5.80. The monoisotopic (exact) mass is 357 g/mol. The van der Waals surface area contributed by atoms with E-state index in [9.17, 15) is 4.79 Å². The lowest BCUT2D eigenvalue weighted by atomic mass is 10.1. The first kappa shape index (κ1) is 18.8. The van der Waals surface area contributed by atoms with Gasteiger partial charge in [-0.05, 0) is 38.5 Å². The number of benzene rings is 1. The number of nitriles is 1. The van der Waals surface area contributed by atoms with Crippen molar-refractivity contribution in [1.82, 2.24) is 4.90 Å². The number of para-hydroxylation sites is 1. The first-order chi connectivity index (χ1) is 11.8. The summed E-state index contributed by atoms with van der Waals surface area (Å²) in [6, 6.07) is 11.9. The van der Waals surface area contributed by atoms with E-state index in [1.54, 1.807) is 23.3 Å². The van der Waals surface area contributed by atoms with Gasteiger partial charge >= 0.3 is 6.09 Å². The van der Waals surface area contributed by atoms with Crippen molar-refractivity contribution in [1.29, 1.82) is 5.26 Å². The van der Waals surface area contributed by atoms with Crippen LogP contribution in [0.15, 0.2) is 35.7 Å². The molecule has 0 aliphatic rings. The normalized spacial score (nSPS) is 10.8. The van der Waals surface area contributed by atoms with Gasteiger partial charge in [0.1, 0.15) is 11.7 Å². The van der Waals surface area contributed by atoms with Gasteiger partial charge in [-0.3, -0.25) is 0 Å². The van der Waals surface area contributed by atoms with Crippen LogP contribution in [0, 0.1) is 11.3 Å². The molecular formula is C19H23N3O2S. The fraction of sp³-hybridized carbons (Fsp3) is 0.368. The van der Waals surface area contributed by atoms with Crippen molar-refractivity contribution in [2.24, 2.45) is 0 Å². The fourth-order valence-corrected chi connectivity index (χ4v) is 2.95. The van der Waals surface area contributed by atoms with Gasteiger partial charge in [-0.25, -0.2) is 4.79 Å². The van der Waals surface area contributed by atoms with Crippen LogP contribution >= 0.6 is 11.3 Å². The average Bonchev–Trinajstić information content (AvgIpc) is 3.00. The number of hydrogen-bond acceptors (Lipinski definition) is 5. The lowest BCUT2D eigenvalue weighted by Gasteiger charge is -2.25. The number of nitrogens with one attached hydrogen (secondary N) is 1. The van der Waals surface area contributed by atoms with E-state index in [2.05, 4.69) is 11.4 Å². The van der Waals surface area contributed by atoms with Gasteiger partial charge in [0, 0.05) is 29.5 Å². The molecular weight excluding hydrogens is 334 g/mol.